The van der Waals surface area contributed by atoms with Crippen LogP contribution in [-0.4, -0.2) is 5.11 Å². The summed E-state index contributed by atoms with van der Waals surface area (Å²) in [4.78, 5) is 0. The summed E-state index contributed by atoms with van der Waals surface area (Å²) in [7, 11) is 0. The summed E-state index contributed by atoms with van der Waals surface area (Å²) in [5.41, 5.74) is 14.4. The van der Waals surface area contributed by atoms with E-state index in [1.165, 1.54) is 22.3 Å². The number of para-hydroxylation sites is 1. The predicted molar refractivity (Wildman–Crippen MR) is 90.0 cm³/mol. The number of hydrogen-bond donors (Lipinski definition) is 2. The van der Waals surface area contributed by atoms with Crippen LogP contribution in [0.1, 0.15) is 22.3 Å². The van der Waals surface area contributed by atoms with Gasteiger partial charge in [-0.1, -0.05) is 54.6 Å². The van der Waals surface area contributed by atoms with Crippen LogP contribution in [0.15, 0.2) is 60.7 Å². The van der Waals surface area contributed by atoms with Gasteiger partial charge >= 0.3 is 0 Å². The maximum atomic E-state index is 9.96. The second-order valence-electron chi connectivity index (χ2n) is 5.80. The van der Waals surface area contributed by atoms with Crippen molar-refractivity contribution in [3.8, 4) is 16.9 Å². The van der Waals surface area contributed by atoms with Crippen molar-refractivity contribution in [1.29, 1.82) is 0 Å². The fourth-order valence-electron chi connectivity index (χ4n) is 3.30. The molecule has 0 saturated carbocycles. The van der Waals surface area contributed by atoms with E-state index in [0.29, 0.717) is 12.2 Å². The van der Waals surface area contributed by atoms with Gasteiger partial charge in [-0.2, -0.15) is 0 Å². The van der Waals surface area contributed by atoms with Crippen LogP contribution in [0, 0.1) is 0 Å². The van der Waals surface area contributed by atoms with Gasteiger partial charge in [-0.25, -0.2) is 0 Å². The number of nitrogens with two attached hydrogens (primary N) is 1. The number of anilines is 1. The third kappa shape index (κ3) is 1.96. The van der Waals surface area contributed by atoms with Gasteiger partial charge in [0.25, 0.3) is 0 Å². The zero-order valence-electron chi connectivity index (χ0n) is 12.2. The van der Waals surface area contributed by atoms with Gasteiger partial charge in [0.15, 0.2) is 0 Å². The molecule has 0 unspecified atom stereocenters. The Hall–Kier alpha value is -2.74. The molecule has 0 heterocycles. The van der Waals surface area contributed by atoms with Crippen LogP contribution >= 0.6 is 0 Å². The monoisotopic (exact) mass is 287 g/mol. The third-order valence-electron chi connectivity index (χ3n) is 4.49. The molecule has 22 heavy (non-hydrogen) atoms. The topological polar surface area (TPSA) is 46.2 Å². The molecular formula is C20H17NO. The van der Waals surface area contributed by atoms with E-state index < -0.39 is 0 Å². The Bertz CT molecular complexity index is 867. The molecular weight excluding hydrogens is 270 g/mol. The highest BCUT2D eigenvalue weighted by Crippen LogP contribution is 2.41. The molecule has 2 heteroatoms. The molecule has 3 aromatic rings. The average Bonchev–Trinajstić information content (AvgIpc) is 2.92. The smallest absolute Gasteiger partial charge is 0.119 e. The van der Waals surface area contributed by atoms with Gasteiger partial charge in [0.2, 0.25) is 0 Å². The van der Waals surface area contributed by atoms with Crippen molar-refractivity contribution in [2.75, 3.05) is 5.73 Å². The van der Waals surface area contributed by atoms with Gasteiger partial charge in [-0.05, 0) is 39.4 Å². The van der Waals surface area contributed by atoms with Gasteiger partial charge in [-0.3, -0.25) is 0 Å². The van der Waals surface area contributed by atoms with E-state index in [-0.39, 0.29) is 0 Å². The van der Waals surface area contributed by atoms with Crippen molar-refractivity contribution >= 4 is 5.69 Å². The van der Waals surface area contributed by atoms with Gasteiger partial charge in [0.05, 0.1) is 0 Å². The molecule has 3 aromatic carbocycles. The highest BCUT2D eigenvalue weighted by molar-refractivity contribution is 5.82. The molecule has 108 valence electrons. The zero-order chi connectivity index (χ0) is 15.1. The number of phenolic OH excluding ortho intramolecular Hbond substituents is 1. The molecule has 0 radical (unpaired) electrons. The Morgan fingerprint density at radius 1 is 0.818 bits per heavy atom. The van der Waals surface area contributed by atoms with Crippen LogP contribution in [-0.2, 0) is 12.8 Å². The van der Waals surface area contributed by atoms with Gasteiger partial charge in [0, 0.05) is 18.5 Å². The summed E-state index contributed by atoms with van der Waals surface area (Å²) in [5.74, 6) is 0.325. The number of aromatic hydroxyl groups is 1. The summed E-state index contributed by atoms with van der Waals surface area (Å²) in [5, 5.41) is 9.96. The van der Waals surface area contributed by atoms with Crippen molar-refractivity contribution in [1.82, 2.24) is 0 Å². The molecule has 1 aliphatic rings. The van der Waals surface area contributed by atoms with Crippen molar-refractivity contribution in [3.63, 3.8) is 0 Å². The second-order valence-corrected chi connectivity index (χ2v) is 5.80. The van der Waals surface area contributed by atoms with Crippen LogP contribution in [0.4, 0.5) is 5.69 Å². The van der Waals surface area contributed by atoms with Crippen LogP contribution in [0.5, 0.6) is 5.75 Å². The number of nitrogen functional groups attached to an aromatic ring is 1. The van der Waals surface area contributed by atoms with Crippen molar-refractivity contribution in [3.05, 3.63) is 82.9 Å². The quantitative estimate of drug-likeness (QED) is 0.544. The van der Waals surface area contributed by atoms with Crippen LogP contribution in [0.2, 0.25) is 0 Å². The Kier molecular flexibility index (Phi) is 2.90. The maximum absolute atomic E-state index is 9.96. The van der Waals surface area contributed by atoms with Crippen molar-refractivity contribution in [2.45, 2.75) is 12.8 Å². The first-order valence-electron chi connectivity index (χ1n) is 7.49. The molecule has 0 bridgehead atoms. The minimum absolute atomic E-state index is 0.325. The number of benzene rings is 3. The van der Waals surface area contributed by atoms with E-state index in [1.807, 2.05) is 18.2 Å². The summed E-state index contributed by atoms with van der Waals surface area (Å²) < 4.78 is 0. The standard InChI is InChI=1S/C20H17NO/c21-20-15(11-14-6-2-4-8-19(14)22)9-10-17-16-7-3-1-5-13(16)12-18(17)20/h1-10,22H,11-12,21H2. The SMILES string of the molecule is Nc1c(Cc2ccccc2O)ccc2c1Cc1ccccc1-2. The molecule has 0 aromatic heterocycles. The Balaban J connectivity index is 1.76. The molecule has 0 amide bonds. The zero-order valence-corrected chi connectivity index (χ0v) is 12.2. The predicted octanol–water partition coefficient (Wildman–Crippen LogP) is 4.14. The number of rotatable bonds is 2. The summed E-state index contributed by atoms with van der Waals surface area (Å²) in [6, 6.07) is 20.1. The van der Waals surface area contributed by atoms with Gasteiger partial charge in [-0.15, -0.1) is 0 Å². The molecule has 4 rings (SSSR count). The summed E-state index contributed by atoms with van der Waals surface area (Å²) >= 11 is 0. The molecule has 1 aliphatic carbocycles. The average molecular weight is 287 g/mol. The molecule has 2 nitrogen and oxygen atoms in total. The molecule has 0 fully saturated rings. The Morgan fingerprint density at radius 2 is 1.59 bits per heavy atom. The van der Waals surface area contributed by atoms with Crippen molar-refractivity contribution in [2.24, 2.45) is 0 Å². The first kappa shape index (κ1) is 13.0. The molecule has 0 atom stereocenters. The van der Waals surface area contributed by atoms with E-state index in [0.717, 1.165) is 23.2 Å². The normalized spacial score (nSPS) is 12.0. The first-order valence-corrected chi connectivity index (χ1v) is 7.49. The number of phenols is 1. The lowest BCUT2D eigenvalue weighted by Crippen LogP contribution is -2.00. The van der Waals surface area contributed by atoms with Crippen LogP contribution in [0.3, 0.4) is 0 Å². The third-order valence-corrected chi connectivity index (χ3v) is 4.49. The molecule has 0 spiro atoms. The Morgan fingerprint density at radius 3 is 2.45 bits per heavy atom. The van der Waals surface area contributed by atoms with Crippen LogP contribution < -0.4 is 5.73 Å². The highest BCUT2D eigenvalue weighted by Gasteiger charge is 2.21. The highest BCUT2D eigenvalue weighted by atomic mass is 16.3. The fraction of sp³-hybridized carbons (Fsp3) is 0.100. The van der Waals surface area contributed by atoms with E-state index in [2.05, 4.69) is 36.4 Å². The van der Waals surface area contributed by atoms with Gasteiger partial charge < -0.3 is 10.8 Å². The van der Waals surface area contributed by atoms with Crippen molar-refractivity contribution < 1.29 is 5.11 Å². The molecule has 0 aliphatic heterocycles. The number of fused-ring (bicyclic) bond motifs is 3. The maximum Gasteiger partial charge on any atom is 0.119 e. The summed E-state index contributed by atoms with van der Waals surface area (Å²) in [6.45, 7) is 0. The lowest BCUT2D eigenvalue weighted by atomic mass is 9.96. The molecule has 3 N–H and O–H groups in total. The van der Waals surface area contributed by atoms with Crippen LogP contribution in [0.25, 0.3) is 11.1 Å². The fourth-order valence-corrected chi connectivity index (χ4v) is 3.30. The van der Waals surface area contributed by atoms with E-state index >= 15 is 0 Å². The first-order chi connectivity index (χ1) is 10.7. The Labute approximate surface area is 129 Å². The van der Waals surface area contributed by atoms with E-state index in [1.54, 1.807) is 6.07 Å². The minimum Gasteiger partial charge on any atom is -0.508 e. The van der Waals surface area contributed by atoms with Gasteiger partial charge in [0.1, 0.15) is 5.75 Å². The lowest BCUT2D eigenvalue weighted by molar-refractivity contribution is 0.469. The number of hydrogen-bond acceptors (Lipinski definition) is 2. The second kappa shape index (κ2) is 4.92. The largest absolute Gasteiger partial charge is 0.508 e. The summed E-state index contributed by atoms with van der Waals surface area (Å²) in [6.07, 6.45) is 1.55. The molecule has 0 saturated heterocycles. The van der Waals surface area contributed by atoms with E-state index in [4.69, 9.17) is 5.73 Å². The van der Waals surface area contributed by atoms with E-state index in [9.17, 15) is 5.11 Å². The lowest BCUT2D eigenvalue weighted by Gasteiger charge is -2.12. The minimum atomic E-state index is 0.325.